The predicted octanol–water partition coefficient (Wildman–Crippen LogP) is 17.0. The van der Waals surface area contributed by atoms with Crippen LogP contribution in [0.25, 0.3) is 132 Å². The van der Waals surface area contributed by atoms with Crippen molar-refractivity contribution in [3.63, 3.8) is 0 Å². The molecule has 2 aliphatic carbocycles. The summed E-state index contributed by atoms with van der Waals surface area (Å²) >= 11 is 1.79. The molecule has 14 aromatic rings. The zero-order valence-electron chi connectivity index (χ0n) is 37.3. The van der Waals surface area contributed by atoms with Crippen molar-refractivity contribution in [1.29, 1.82) is 0 Å². The lowest BCUT2D eigenvalue weighted by Crippen LogP contribution is -2.25. The number of furan rings is 2. The number of para-hydroxylation sites is 1. The van der Waals surface area contributed by atoms with Crippen molar-refractivity contribution in [2.24, 2.45) is 0 Å². The van der Waals surface area contributed by atoms with Gasteiger partial charge in [0.1, 0.15) is 22.3 Å². The van der Waals surface area contributed by atoms with E-state index >= 15 is 0 Å². The average Bonchev–Trinajstić information content (AvgIpc) is 4.23. The van der Waals surface area contributed by atoms with E-state index in [4.69, 9.17) is 23.8 Å². The van der Waals surface area contributed by atoms with Gasteiger partial charge in [-0.15, -0.1) is 11.3 Å². The summed E-state index contributed by atoms with van der Waals surface area (Å²) in [5, 5.41) is 6.26. The maximum absolute atomic E-state index is 6.75. The Labute approximate surface area is 404 Å². The molecule has 0 aliphatic heterocycles. The molecule has 0 atom stereocenters. The molecule has 2 aliphatic rings. The first-order valence-electron chi connectivity index (χ1n) is 23.7. The normalized spacial score (nSPS) is 13.3. The van der Waals surface area contributed by atoms with Gasteiger partial charge in [-0.3, -0.25) is 0 Å². The van der Waals surface area contributed by atoms with E-state index in [1.54, 1.807) is 11.3 Å². The Bertz CT molecular complexity index is 4400. The van der Waals surface area contributed by atoms with Crippen molar-refractivity contribution in [3.8, 4) is 67.5 Å². The van der Waals surface area contributed by atoms with Crippen molar-refractivity contribution in [3.05, 3.63) is 235 Å². The van der Waals surface area contributed by atoms with Crippen LogP contribution in [0.2, 0.25) is 0 Å². The quantitative estimate of drug-likeness (QED) is 0.176. The molecule has 0 unspecified atom stereocenters. The standard InChI is InChI=1S/C64H35N3O2S/c1-6-24-47-38(15-1)39-16-2-7-25-48(39)64(47)49-26-8-3-17-40(49)57-37(20-11-27-50(57)64)36-33-34-52-46(35-36)59-44(22-13-30-54(59)69-52)62-65-61(43-21-12-29-53-58(43)41-18-4-9-28-51(41)68-53)66-63(67-62)45-23-14-32-56-60(45)42-19-5-10-31-55(42)70-56/h1-35H. The van der Waals surface area contributed by atoms with Gasteiger partial charge in [-0.25, -0.2) is 15.0 Å². The minimum atomic E-state index is -0.435. The Balaban J connectivity index is 0.940. The van der Waals surface area contributed by atoms with Gasteiger partial charge in [-0.2, -0.15) is 0 Å². The van der Waals surface area contributed by atoms with Crippen LogP contribution in [0.15, 0.2) is 221 Å². The third-order valence-electron chi connectivity index (χ3n) is 15.0. The number of aromatic nitrogens is 3. The molecule has 0 amide bonds. The lowest BCUT2D eigenvalue weighted by molar-refractivity contribution is 0.668. The number of fused-ring (bicyclic) bond motifs is 19. The molecule has 6 heteroatoms. The summed E-state index contributed by atoms with van der Waals surface area (Å²) in [7, 11) is 0. The molecule has 10 aromatic carbocycles. The monoisotopic (exact) mass is 909 g/mol. The van der Waals surface area contributed by atoms with E-state index in [0.717, 1.165) is 71.5 Å². The van der Waals surface area contributed by atoms with Gasteiger partial charge in [0.05, 0.1) is 5.41 Å². The van der Waals surface area contributed by atoms with Crippen molar-refractivity contribution >= 4 is 75.4 Å². The lowest BCUT2D eigenvalue weighted by atomic mass is 9.70. The zero-order valence-corrected chi connectivity index (χ0v) is 38.1. The van der Waals surface area contributed by atoms with Gasteiger partial charge >= 0.3 is 0 Å². The molecule has 16 rings (SSSR count). The van der Waals surface area contributed by atoms with Gasteiger partial charge in [0, 0.05) is 58.4 Å². The van der Waals surface area contributed by atoms with E-state index in [2.05, 4.69) is 170 Å². The van der Waals surface area contributed by atoms with Crippen molar-refractivity contribution in [2.75, 3.05) is 0 Å². The SMILES string of the molecule is c1ccc2c(c1)-c1ccccc1C21c2ccccc2-c2c(-c3ccc4oc5cccc(-c6nc(-c7cccc8oc9ccccc9c78)nc(-c7cccc8sc9ccccc9c78)n6)c5c4c3)cccc21. The molecule has 1 spiro atoms. The maximum atomic E-state index is 6.75. The lowest BCUT2D eigenvalue weighted by Gasteiger charge is -2.30. The van der Waals surface area contributed by atoms with Crippen LogP contribution < -0.4 is 0 Å². The summed E-state index contributed by atoms with van der Waals surface area (Å²) in [6, 6.07) is 76.0. The van der Waals surface area contributed by atoms with E-state index in [9.17, 15) is 0 Å². The summed E-state index contributed by atoms with van der Waals surface area (Å²) in [5.74, 6) is 1.74. The molecule has 0 saturated heterocycles. The van der Waals surface area contributed by atoms with Crippen LogP contribution in [0.5, 0.6) is 0 Å². The molecule has 4 aromatic heterocycles. The second kappa shape index (κ2) is 14.0. The minimum Gasteiger partial charge on any atom is -0.456 e. The van der Waals surface area contributed by atoms with Gasteiger partial charge in [-0.05, 0) is 98.1 Å². The summed E-state index contributed by atoms with van der Waals surface area (Å²) in [5.41, 5.74) is 18.1. The number of hydrogen-bond donors (Lipinski definition) is 0. The van der Waals surface area contributed by atoms with Crippen LogP contribution in [0, 0.1) is 0 Å². The molecule has 0 radical (unpaired) electrons. The molecule has 0 N–H and O–H groups in total. The van der Waals surface area contributed by atoms with Gasteiger partial charge in [0.2, 0.25) is 0 Å². The first-order valence-corrected chi connectivity index (χ1v) is 24.5. The molecule has 70 heavy (non-hydrogen) atoms. The third kappa shape index (κ3) is 5.02. The average molecular weight is 910 g/mol. The maximum Gasteiger partial charge on any atom is 0.164 e. The van der Waals surface area contributed by atoms with Crippen molar-refractivity contribution < 1.29 is 8.83 Å². The van der Waals surface area contributed by atoms with Crippen LogP contribution in [0.4, 0.5) is 0 Å². The topological polar surface area (TPSA) is 65.0 Å². The van der Waals surface area contributed by atoms with Gasteiger partial charge in [0.25, 0.3) is 0 Å². The van der Waals surface area contributed by atoms with Crippen LogP contribution in [-0.4, -0.2) is 15.0 Å². The Morgan fingerprint density at radius 1 is 0.314 bits per heavy atom. The zero-order chi connectivity index (χ0) is 45.7. The number of benzene rings is 10. The van der Waals surface area contributed by atoms with Gasteiger partial charge in [-0.1, -0.05) is 170 Å². The Kier molecular flexibility index (Phi) is 7.63. The summed E-state index contributed by atoms with van der Waals surface area (Å²) in [4.78, 5) is 16.3. The molecule has 0 fully saturated rings. The van der Waals surface area contributed by atoms with E-state index in [-0.39, 0.29) is 0 Å². The summed E-state index contributed by atoms with van der Waals surface area (Å²) in [6.07, 6.45) is 0. The van der Waals surface area contributed by atoms with Gasteiger partial charge in [0.15, 0.2) is 17.5 Å². The second-order valence-corrected chi connectivity index (χ2v) is 19.6. The van der Waals surface area contributed by atoms with Gasteiger partial charge < -0.3 is 8.83 Å². The van der Waals surface area contributed by atoms with E-state index in [1.165, 1.54) is 64.9 Å². The summed E-state index contributed by atoms with van der Waals surface area (Å²) < 4.78 is 15.6. The number of thiophene rings is 1. The number of hydrogen-bond acceptors (Lipinski definition) is 6. The fourth-order valence-electron chi connectivity index (χ4n) is 12.2. The molecule has 324 valence electrons. The Morgan fingerprint density at radius 2 is 0.771 bits per heavy atom. The minimum absolute atomic E-state index is 0.435. The highest BCUT2D eigenvalue weighted by molar-refractivity contribution is 7.25. The first kappa shape index (κ1) is 38.0. The van der Waals surface area contributed by atoms with E-state index in [0.29, 0.717) is 17.5 Å². The van der Waals surface area contributed by atoms with E-state index in [1.807, 2.05) is 42.5 Å². The fraction of sp³-hybridized carbons (Fsp3) is 0.0156. The Hall–Kier alpha value is -8.97. The molecule has 5 nitrogen and oxygen atoms in total. The number of nitrogens with zero attached hydrogens (tertiary/aromatic N) is 3. The van der Waals surface area contributed by atoms with Crippen LogP contribution in [0.1, 0.15) is 22.3 Å². The smallest absolute Gasteiger partial charge is 0.164 e. The van der Waals surface area contributed by atoms with Crippen LogP contribution >= 0.6 is 11.3 Å². The molecular weight excluding hydrogens is 875 g/mol. The fourth-order valence-corrected chi connectivity index (χ4v) is 13.4. The summed E-state index contributed by atoms with van der Waals surface area (Å²) in [6.45, 7) is 0. The molecule has 4 heterocycles. The highest BCUT2D eigenvalue weighted by Gasteiger charge is 2.52. The molecular formula is C64H35N3O2S. The predicted molar refractivity (Wildman–Crippen MR) is 285 cm³/mol. The first-order chi connectivity index (χ1) is 34.7. The number of rotatable bonds is 4. The largest absolute Gasteiger partial charge is 0.456 e. The van der Waals surface area contributed by atoms with Crippen molar-refractivity contribution in [1.82, 2.24) is 15.0 Å². The van der Waals surface area contributed by atoms with Crippen molar-refractivity contribution in [2.45, 2.75) is 5.41 Å². The highest BCUT2D eigenvalue weighted by Crippen LogP contribution is 2.64. The molecule has 0 saturated carbocycles. The highest BCUT2D eigenvalue weighted by atomic mass is 32.1. The van der Waals surface area contributed by atoms with E-state index < -0.39 is 5.41 Å². The third-order valence-corrected chi connectivity index (χ3v) is 16.1. The molecule has 0 bridgehead atoms. The Morgan fingerprint density at radius 3 is 1.47 bits per heavy atom. The van der Waals surface area contributed by atoms with Crippen LogP contribution in [-0.2, 0) is 5.41 Å². The van der Waals surface area contributed by atoms with Crippen LogP contribution in [0.3, 0.4) is 0 Å². The second-order valence-electron chi connectivity index (χ2n) is 18.5.